The van der Waals surface area contributed by atoms with Gasteiger partial charge in [-0.25, -0.2) is 0 Å². The number of nitrogens with two attached hydrogens (primary N) is 1. The highest BCUT2D eigenvalue weighted by Crippen LogP contribution is 2.33. The summed E-state index contributed by atoms with van der Waals surface area (Å²) in [5, 5.41) is 18.8. The molecule has 0 bridgehead atoms. The van der Waals surface area contributed by atoms with Crippen molar-refractivity contribution in [2.45, 2.75) is 6.18 Å². The molecule has 0 heterocycles. The number of halogens is 4. The molecule has 19 heavy (non-hydrogen) atoms. The Morgan fingerprint density at radius 1 is 1.42 bits per heavy atom. The van der Waals surface area contributed by atoms with E-state index in [4.69, 9.17) is 28.0 Å². The van der Waals surface area contributed by atoms with Crippen LogP contribution in [0.25, 0.3) is 0 Å². The molecule has 0 radical (unpaired) electrons. The number of anilines is 1. The molecule has 0 saturated carbocycles. The van der Waals surface area contributed by atoms with Gasteiger partial charge in [0.2, 0.25) is 5.71 Å². The van der Waals surface area contributed by atoms with E-state index in [2.05, 4.69) is 10.5 Å². The van der Waals surface area contributed by atoms with E-state index in [1.165, 1.54) is 12.1 Å². The minimum absolute atomic E-state index is 0.0752. The molecule has 0 aromatic heterocycles. The minimum Gasteiger partial charge on any atom is -0.382 e. The van der Waals surface area contributed by atoms with Gasteiger partial charge in [-0.05, 0) is 18.2 Å². The molecule has 0 aliphatic heterocycles. The third-order valence-electron chi connectivity index (χ3n) is 1.88. The van der Waals surface area contributed by atoms with Crippen LogP contribution in [0.5, 0.6) is 0 Å². The highest BCUT2D eigenvalue weighted by molar-refractivity contribution is 6.45. The van der Waals surface area contributed by atoms with Crippen molar-refractivity contribution >= 4 is 28.8 Å². The van der Waals surface area contributed by atoms with Crippen LogP contribution < -0.4 is 11.2 Å². The molecule has 0 amide bonds. The number of nitrogens with one attached hydrogen (secondary N) is 2. The number of benzene rings is 1. The molecular weight excluding hydrogens is 283 g/mol. The maximum Gasteiger partial charge on any atom is 0.416 e. The summed E-state index contributed by atoms with van der Waals surface area (Å²) in [6.45, 7) is 0. The molecule has 1 aromatic rings. The van der Waals surface area contributed by atoms with Crippen molar-refractivity contribution in [1.29, 1.82) is 10.7 Å². The quantitative estimate of drug-likeness (QED) is 0.453. The van der Waals surface area contributed by atoms with Gasteiger partial charge in [-0.15, -0.1) is 0 Å². The maximum absolute atomic E-state index is 12.5. The molecule has 1 rings (SSSR count). The lowest BCUT2D eigenvalue weighted by atomic mass is 10.2. The first-order valence-corrected chi connectivity index (χ1v) is 5.08. The molecule has 0 spiro atoms. The van der Waals surface area contributed by atoms with Crippen LogP contribution in [0.15, 0.2) is 23.3 Å². The van der Waals surface area contributed by atoms with E-state index >= 15 is 0 Å². The summed E-state index contributed by atoms with van der Waals surface area (Å²) in [7, 11) is 0. The number of hydrogen-bond donors (Lipinski definition) is 3. The number of rotatable bonds is 3. The van der Waals surface area contributed by atoms with Crippen LogP contribution >= 0.6 is 11.6 Å². The Bertz CT molecular complexity index is 574. The summed E-state index contributed by atoms with van der Waals surface area (Å²) >= 11 is 5.55. The molecule has 0 atom stereocenters. The van der Waals surface area contributed by atoms with Gasteiger partial charge in [-0.1, -0.05) is 11.6 Å². The van der Waals surface area contributed by atoms with E-state index < -0.39 is 23.3 Å². The lowest BCUT2D eigenvalue weighted by Gasteiger charge is -2.09. The van der Waals surface area contributed by atoms with E-state index in [0.717, 1.165) is 12.1 Å². The zero-order valence-corrected chi connectivity index (χ0v) is 9.97. The van der Waals surface area contributed by atoms with Gasteiger partial charge in [0.25, 0.3) is 0 Å². The van der Waals surface area contributed by atoms with Crippen LogP contribution in [0.4, 0.5) is 18.9 Å². The van der Waals surface area contributed by atoms with Crippen LogP contribution in [0, 0.1) is 16.7 Å². The largest absolute Gasteiger partial charge is 0.416 e. The van der Waals surface area contributed by atoms with Gasteiger partial charge in [0.05, 0.1) is 11.3 Å². The van der Waals surface area contributed by atoms with Gasteiger partial charge < -0.3 is 5.73 Å². The van der Waals surface area contributed by atoms with E-state index in [-0.39, 0.29) is 10.7 Å². The minimum atomic E-state index is -4.55. The Kier molecular flexibility index (Phi) is 4.34. The Labute approximate surface area is 111 Å². The monoisotopic (exact) mass is 289 g/mol. The van der Waals surface area contributed by atoms with E-state index in [9.17, 15) is 13.2 Å². The molecule has 1 aromatic carbocycles. The van der Waals surface area contributed by atoms with Crippen molar-refractivity contribution in [3.8, 4) is 6.07 Å². The predicted molar refractivity (Wildman–Crippen MR) is 65.0 cm³/mol. The van der Waals surface area contributed by atoms with Crippen molar-refractivity contribution in [1.82, 2.24) is 0 Å². The molecule has 100 valence electrons. The molecule has 0 fully saturated rings. The fraction of sp³-hybridized carbons (Fsp3) is 0.100. The molecule has 9 heteroatoms. The lowest BCUT2D eigenvalue weighted by Crippen LogP contribution is -2.21. The Balaban J connectivity index is 3.07. The highest BCUT2D eigenvalue weighted by atomic mass is 35.5. The second-order valence-corrected chi connectivity index (χ2v) is 3.76. The normalized spacial score (nSPS) is 11.8. The van der Waals surface area contributed by atoms with Crippen LogP contribution in [-0.2, 0) is 6.18 Å². The Morgan fingerprint density at radius 3 is 2.53 bits per heavy atom. The van der Waals surface area contributed by atoms with Crippen molar-refractivity contribution < 1.29 is 13.2 Å². The van der Waals surface area contributed by atoms with Gasteiger partial charge in [-0.3, -0.25) is 10.8 Å². The lowest BCUT2D eigenvalue weighted by molar-refractivity contribution is -0.137. The van der Waals surface area contributed by atoms with E-state index in [0.29, 0.717) is 0 Å². The summed E-state index contributed by atoms with van der Waals surface area (Å²) in [5.74, 6) is -0.604. The molecule has 0 unspecified atom stereocenters. The second-order valence-electron chi connectivity index (χ2n) is 3.32. The van der Waals surface area contributed by atoms with Crippen LogP contribution in [0.2, 0.25) is 5.02 Å². The van der Waals surface area contributed by atoms with E-state index in [1.807, 2.05) is 0 Å². The smallest absolute Gasteiger partial charge is 0.382 e. The summed E-state index contributed by atoms with van der Waals surface area (Å²) in [4.78, 5) is 0. The van der Waals surface area contributed by atoms with Gasteiger partial charge >= 0.3 is 6.18 Å². The average molecular weight is 290 g/mol. The Morgan fingerprint density at radius 2 is 2.05 bits per heavy atom. The molecule has 0 aliphatic rings. The fourth-order valence-electron chi connectivity index (χ4n) is 1.08. The Hall–Kier alpha value is -2.27. The highest BCUT2D eigenvalue weighted by Gasteiger charge is 2.31. The zero-order valence-electron chi connectivity index (χ0n) is 9.22. The summed E-state index contributed by atoms with van der Waals surface area (Å²) in [6.07, 6.45) is -4.55. The standard InChI is InChI=1S/C10H7ClF3N5/c11-6-1-5(10(12,13)14)2-7(3-6)18-19-8(4-15)9(16)17/h1-3,18H,(H3,16,17)/b19-8+. The first-order chi connectivity index (χ1) is 8.74. The van der Waals surface area contributed by atoms with Crippen molar-refractivity contribution in [2.24, 2.45) is 10.8 Å². The van der Waals surface area contributed by atoms with Gasteiger partial charge in [0, 0.05) is 5.02 Å². The molecule has 0 aliphatic carbocycles. The molecule has 4 N–H and O–H groups in total. The van der Waals surface area contributed by atoms with Crippen molar-refractivity contribution in [3.63, 3.8) is 0 Å². The summed E-state index contributed by atoms with van der Waals surface area (Å²) in [5.41, 5.74) is 5.73. The number of hydrazone groups is 1. The zero-order chi connectivity index (χ0) is 14.6. The number of alkyl halides is 3. The van der Waals surface area contributed by atoms with Gasteiger partial charge in [0.15, 0.2) is 5.84 Å². The molecule has 5 nitrogen and oxygen atoms in total. The maximum atomic E-state index is 12.5. The van der Waals surface area contributed by atoms with Gasteiger partial charge in [0.1, 0.15) is 6.07 Å². The first kappa shape index (κ1) is 14.8. The van der Waals surface area contributed by atoms with E-state index in [1.54, 1.807) is 0 Å². The third kappa shape index (κ3) is 4.15. The number of amidine groups is 1. The number of nitriles is 1. The van der Waals surface area contributed by atoms with Gasteiger partial charge in [-0.2, -0.15) is 23.5 Å². The second kappa shape index (κ2) is 5.58. The topological polar surface area (TPSA) is 98.0 Å². The predicted octanol–water partition coefficient (Wildman–Crippen LogP) is 2.59. The first-order valence-electron chi connectivity index (χ1n) is 4.70. The summed E-state index contributed by atoms with van der Waals surface area (Å²) in [6, 6.07) is 4.23. The number of nitrogens with zero attached hydrogens (tertiary/aromatic N) is 2. The molecule has 0 saturated heterocycles. The van der Waals surface area contributed by atoms with Crippen molar-refractivity contribution in [3.05, 3.63) is 28.8 Å². The SMILES string of the molecule is N#C/C(=N\Nc1cc(Cl)cc(C(F)(F)F)c1)C(=N)N. The van der Waals surface area contributed by atoms with Crippen LogP contribution in [-0.4, -0.2) is 11.5 Å². The fourth-order valence-corrected chi connectivity index (χ4v) is 1.32. The van der Waals surface area contributed by atoms with Crippen LogP contribution in [0.1, 0.15) is 5.56 Å². The molecular formula is C10H7ClF3N5. The van der Waals surface area contributed by atoms with Crippen LogP contribution in [0.3, 0.4) is 0 Å². The number of hydrogen-bond acceptors (Lipinski definition) is 4. The summed E-state index contributed by atoms with van der Waals surface area (Å²) < 4.78 is 37.5. The average Bonchev–Trinajstić information content (AvgIpc) is 2.27. The van der Waals surface area contributed by atoms with Crippen molar-refractivity contribution in [2.75, 3.05) is 5.43 Å². The third-order valence-corrected chi connectivity index (χ3v) is 2.10.